The van der Waals surface area contributed by atoms with Crippen molar-refractivity contribution in [3.8, 4) is 0 Å². The summed E-state index contributed by atoms with van der Waals surface area (Å²) in [6.07, 6.45) is 2.08. The van der Waals surface area contributed by atoms with Gasteiger partial charge in [-0.1, -0.05) is 17.7 Å². The summed E-state index contributed by atoms with van der Waals surface area (Å²) < 4.78 is 17.7. The molecule has 3 nitrogen and oxygen atoms in total. The Hall–Kier alpha value is -1.13. The molecule has 0 radical (unpaired) electrons. The predicted molar refractivity (Wildman–Crippen MR) is 66.8 cm³/mol. The van der Waals surface area contributed by atoms with Crippen LogP contribution in [0.1, 0.15) is 18.4 Å². The smallest absolute Gasteiger partial charge is 0.323 e. The summed E-state index contributed by atoms with van der Waals surface area (Å²) in [4.78, 5) is 11.6. The van der Waals surface area contributed by atoms with Crippen molar-refractivity contribution in [3.63, 3.8) is 0 Å². The van der Waals surface area contributed by atoms with E-state index in [-0.39, 0.29) is 17.0 Å². The van der Waals surface area contributed by atoms with E-state index in [2.05, 4.69) is 5.32 Å². The Morgan fingerprint density at radius 1 is 1.61 bits per heavy atom. The predicted octanol–water partition coefficient (Wildman–Crippen LogP) is 2.52. The lowest BCUT2D eigenvalue weighted by Crippen LogP contribution is -2.39. The van der Waals surface area contributed by atoms with Crippen LogP contribution in [-0.4, -0.2) is 19.1 Å². The number of benzene rings is 1. The molecule has 1 atom stereocenters. The van der Waals surface area contributed by atoms with Gasteiger partial charge in [0.15, 0.2) is 0 Å². The second-order valence-electron chi connectivity index (χ2n) is 4.47. The molecule has 0 aliphatic heterocycles. The van der Waals surface area contributed by atoms with E-state index in [0.29, 0.717) is 12.5 Å². The largest absolute Gasteiger partial charge is 0.468 e. The monoisotopic (exact) mass is 271 g/mol. The fourth-order valence-electron chi connectivity index (χ4n) is 1.88. The van der Waals surface area contributed by atoms with E-state index in [4.69, 9.17) is 16.3 Å². The summed E-state index contributed by atoms with van der Waals surface area (Å²) in [5.41, 5.74) is 0.843. The molecule has 0 amide bonds. The van der Waals surface area contributed by atoms with Crippen molar-refractivity contribution in [2.45, 2.75) is 25.4 Å². The molecule has 0 spiro atoms. The van der Waals surface area contributed by atoms with Crippen LogP contribution >= 0.6 is 11.6 Å². The van der Waals surface area contributed by atoms with Gasteiger partial charge in [0, 0.05) is 6.54 Å². The quantitative estimate of drug-likeness (QED) is 0.837. The minimum atomic E-state index is -0.438. The third kappa shape index (κ3) is 3.21. The molecule has 2 rings (SSSR count). The molecule has 1 aromatic carbocycles. The highest BCUT2D eigenvalue weighted by molar-refractivity contribution is 6.30. The summed E-state index contributed by atoms with van der Waals surface area (Å²) in [5.74, 6) is -0.328. The zero-order valence-electron chi connectivity index (χ0n) is 10.1. The maximum Gasteiger partial charge on any atom is 0.323 e. The minimum Gasteiger partial charge on any atom is -0.468 e. The highest BCUT2D eigenvalue weighted by Crippen LogP contribution is 2.33. The molecule has 1 unspecified atom stereocenters. The zero-order chi connectivity index (χ0) is 13.1. The lowest BCUT2D eigenvalue weighted by Gasteiger charge is -2.15. The van der Waals surface area contributed by atoms with Crippen LogP contribution in [0.15, 0.2) is 18.2 Å². The molecule has 1 N–H and O–H groups in total. The van der Waals surface area contributed by atoms with Crippen molar-refractivity contribution in [2.75, 3.05) is 7.11 Å². The molecular formula is C13H15ClFNO2. The van der Waals surface area contributed by atoms with Crippen LogP contribution in [0.5, 0.6) is 0 Å². The van der Waals surface area contributed by atoms with Gasteiger partial charge in [0.2, 0.25) is 0 Å². The summed E-state index contributed by atoms with van der Waals surface area (Å²) in [5, 5.41) is 3.23. The third-order valence-electron chi connectivity index (χ3n) is 3.06. The number of carbonyl (C=O) groups excluding carboxylic acids is 1. The summed E-state index contributed by atoms with van der Waals surface area (Å²) in [6.45, 7) is 0.469. The fraction of sp³-hybridized carbons (Fsp3) is 0.462. The summed E-state index contributed by atoms with van der Waals surface area (Å²) in [7, 11) is 1.38. The number of halogens is 2. The first kappa shape index (κ1) is 13.3. The van der Waals surface area contributed by atoms with Gasteiger partial charge in [-0.25, -0.2) is 4.39 Å². The maximum absolute atomic E-state index is 13.0. The van der Waals surface area contributed by atoms with Gasteiger partial charge in [0.05, 0.1) is 12.1 Å². The Morgan fingerprint density at radius 2 is 2.33 bits per heavy atom. The Bertz CT molecular complexity index is 449. The van der Waals surface area contributed by atoms with E-state index in [1.807, 2.05) is 0 Å². The summed E-state index contributed by atoms with van der Waals surface area (Å²) in [6, 6.07) is 4.25. The van der Waals surface area contributed by atoms with Gasteiger partial charge in [0.1, 0.15) is 11.9 Å². The molecule has 1 aromatic rings. The van der Waals surface area contributed by atoms with Crippen LogP contribution in [0.2, 0.25) is 5.02 Å². The van der Waals surface area contributed by atoms with Gasteiger partial charge in [-0.05, 0) is 36.5 Å². The van der Waals surface area contributed by atoms with Crippen LogP contribution in [-0.2, 0) is 16.1 Å². The Morgan fingerprint density at radius 3 is 2.89 bits per heavy atom. The number of carbonyl (C=O) groups is 1. The fourth-order valence-corrected chi connectivity index (χ4v) is 2.08. The number of rotatable bonds is 5. The molecule has 1 aliphatic carbocycles. The van der Waals surface area contributed by atoms with Crippen LogP contribution < -0.4 is 5.32 Å². The van der Waals surface area contributed by atoms with Crippen molar-refractivity contribution in [2.24, 2.45) is 5.92 Å². The van der Waals surface area contributed by atoms with E-state index >= 15 is 0 Å². The molecule has 1 saturated carbocycles. The first-order valence-corrected chi connectivity index (χ1v) is 6.24. The summed E-state index contributed by atoms with van der Waals surface area (Å²) >= 11 is 5.70. The average Bonchev–Trinajstić information content (AvgIpc) is 3.18. The number of ether oxygens (including phenoxy) is 1. The zero-order valence-corrected chi connectivity index (χ0v) is 10.8. The second kappa shape index (κ2) is 5.67. The topological polar surface area (TPSA) is 38.3 Å². The Labute approximate surface area is 110 Å². The normalized spacial score (nSPS) is 16.4. The minimum absolute atomic E-state index is 0.0929. The van der Waals surface area contributed by atoms with Crippen LogP contribution in [0, 0.1) is 11.7 Å². The lowest BCUT2D eigenvalue weighted by atomic mass is 10.1. The molecule has 0 saturated heterocycles. The van der Waals surface area contributed by atoms with Crippen LogP contribution in [0.4, 0.5) is 4.39 Å². The first-order chi connectivity index (χ1) is 8.61. The van der Waals surface area contributed by atoms with Crippen molar-refractivity contribution in [1.82, 2.24) is 5.32 Å². The maximum atomic E-state index is 13.0. The van der Waals surface area contributed by atoms with E-state index in [9.17, 15) is 9.18 Å². The van der Waals surface area contributed by atoms with Crippen LogP contribution in [0.25, 0.3) is 0 Å². The lowest BCUT2D eigenvalue weighted by molar-refractivity contribution is -0.143. The van der Waals surface area contributed by atoms with Crippen molar-refractivity contribution < 1.29 is 13.9 Å². The van der Waals surface area contributed by atoms with Crippen molar-refractivity contribution in [3.05, 3.63) is 34.6 Å². The van der Waals surface area contributed by atoms with Crippen molar-refractivity contribution in [1.29, 1.82) is 0 Å². The molecule has 5 heteroatoms. The SMILES string of the molecule is COC(=O)C(NCc1ccc(F)c(Cl)c1)C1CC1. The van der Waals surface area contributed by atoms with Gasteiger partial charge in [-0.15, -0.1) is 0 Å². The molecule has 98 valence electrons. The highest BCUT2D eigenvalue weighted by atomic mass is 35.5. The molecule has 1 aliphatic rings. The molecule has 0 bridgehead atoms. The number of esters is 1. The highest BCUT2D eigenvalue weighted by Gasteiger charge is 2.36. The van der Waals surface area contributed by atoms with Crippen LogP contribution in [0.3, 0.4) is 0 Å². The Kier molecular flexibility index (Phi) is 4.19. The average molecular weight is 272 g/mol. The van der Waals surface area contributed by atoms with E-state index in [0.717, 1.165) is 18.4 Å². The second-order valence-corrected chi connectivity index (χ2v) is 4.87. The number of hydrogen-bond donors (Lipinski definition) is 1. The number of nitrogens with one attached hydrogen (secondary N) is 1. The van der Waals surface area contributed by atoms with E-state index in [1.165, 1.54) is 13.2 Å². The number of methoxy groups -OCH3 is 1. The van der Waals surface area contributed by atoms with Gasteiger partial charge >= 0.3 is 5.97 Å². The van der Waals surface area contributed by atoms with Gasteiger partial charge in [0.25, 0.3) is 0 Å². The van der Waals surface area contributed by atoms with Crippen molar-refractivity contribution >= 4 is 17.6 Å². The van der Waals surface area contributed by atoms with E-state index in [1.54, 1.807) is 12.1 Å². The Balaban J connectivity index is 1.96. The van der Waals surface area contributed by atoms with Gasteiger partial charge in [-0.3, -0.25) is 4.79 Å². The standard InChI is InChI=1S/C13H15ClFNO2/c1-18-13(17)12(9-3-4-9)16-7-8-2-5-11(15)10(14)6-8/h2,5-6,9,12,16H,3-4,7H2,1H3. The number of hydrogen-bond acceptors (Lipinski definition) is 3. The molecule has 0 heterocycles. The first-order valence-electron chi connectivity index (χ1n) is 5.87. The molecule has 0 aromatic heterocycles. The van der Waals surface area contributed by atoms with Gasteiger partial charge < -0.3 is 10.1 Å². The van der Waals surface area contributed by atoms with Gasteiger partial charge in [-0.2, -0.15) is 0 Å². The molecular weight excluding hydrogens is 257 g/mol. The molecule has 1 fully saturated rings. The third-order valence-corrected chi connectivity index (χ3v) is 3.35. The molecule has 18 heavy (non-hydrogen) atoms. The van der Waals surface area contributed by atoms with E-state index < -0.39 is 5.82 Å².